The number of nitrogens with one attached hydrogen (secondary N) is 1. The van der Waals surface area contributed by atoms with Crippen molar-refractivity contribution in [1.29, 1.82) is 0 Å². The van der Waals surface area contributed by atoms with Crippen LogP contribution >= 0.6 is 0 Å². The van der Waals surface area contributed by atoms with E-state index in [-0.39, 0.29) is 19.0 Å². The Labute approximate surface area is 189 Å². The number of hydrogen-bond acceptors (Lipinski definition) is 6. The summed E-state index contributed by atoms with van der Waals surface area (Å²) in [4.78, 5) is 31.5. The molecule has 2 atom stereocenters. The van der Waals surface area contributed by atoms with E-state index in [4.69, 9.17) is 4.74 Å². The minimum Gasteiger partial charge on any atom is -0.442 e. The first-order chi connectivity index (χ1) is 15.2. The molecule has 0 bridgehead atoms. The fourth-order valence-electron chi connectivity index (χ4n) is 4.09. The highest BCUT2D eigenvalue weighted by atomic mass is 32.2. The first kappa shape index (κ1) is 22.4. The highest BCUT2D eigenvalue weighted by Gasteiger charge is 2.35. The molecule has 3 heterocycles. The Balaban J connectivity index is 1.44. The quantitative estimate of drug-likeness (QED) is 0.734. The lowest BCUT2D eigenvalue weighted by Gasteiger charge is -2.33. The minimum atomic E-state index is -0.751. The van der Waals surface area contributed by atoms with Crippen LogP contribution in [0.2, 0.25) is 0 Å². The number of cyclic esters (lactones) is 1. The number of hydrogen-bond donors (Lipinski definition) is 1. The number of halogens is 1. The number of amidine groups is 1. The van der Waals surface area contributed by atoms with Crippen molar-refractivity contribution in [1.82, 2.24) is 10.2 Å². The van der Waals surface area contributed by atoms with Gasteiger partial charge in [0.1, 0.15) is 17.8 Å². The molecule has 172 valence electrons. The van der Waals surface area contributed by atoms with Crippen LogP contribution < -0.4 is 10.2 Å². The maximum atomic E-state index is 15.1. The van der Waals surface area contributed by atoms with Crippen LogP contribution in [-0.2, 0) is 25.7 Å². The van der Waals surface area contributed by atoms with Gasteiger partial charge in [-0.05, 0) is 23.8 Å². The summed E-state index contributed by atoms with van der Waals surface area (Å²) in [7, 11) is -0.751. The van der Waals surface area contributed by atoms with Crippen LogP contribution in [-0.4, -0.2) is 77.3 Å². The molecule has 0 saturated carbocycles. The molecule has 3 aliphatic rings. The van der Waals surface area contributed by atoms with E-state index in [1.165, 1.54) is 17.9 Å². The zero-order valence-electron chi connectivity index (χ0n) is 18.2. The summed E-state index contributed by atoms with van der Waals surface area (Å²) >= 11 is 0. The van der Waals surface area contributed by atoms with Crippen LogP contribution in [0.25, 0.3) is 0 Å². The average Bonchev–Trinajstić information content (AvgIpc) is 3.14. The van der Waals surface area contributed by atoms with Crippen molar-refractivity contribution >= 4 is 34.3 Å². The molecule has 1 unspecified atom stereocenters. The van der Waals surface area contributed by atoms with E-state index in [0.717, 1.165) is 5.84 Å². The van der Waals surface area contributed by atoms with Crippen molar-refractivity contribution < 1.29 is 22.9 Å². The monoisotopic (exact) mass is 462 g/mol. The third-order valence-electron chi connectivity index (χ3n) is 6.00. The number of ether oxygens (including phenoxy) is 1. The van der Waals surface area contributed by atoms with Crippen molar-refractivity contribution in [3.05, 3.63) is 41.7 Å². The van der Waals surface area contributed by atoms with Gasteiger partial charge >= 0.3 is 6.09 Å². The first-order valence-electron chi connectivity index (χ1n) is 10.6. The van der Waals surface area contributed by atoms with E-state index in [1.54, 1.807) is 12.1 Å². The number of carbonyl (C=O) groups is 2. The van der Waals surface area contributed by atoms with Crippen molar-refractivity contribution in [2.75, 3.05) is 49.1 Å². The summed E-state index contributed by atoms with van der Waals surface area (Å²) in [5.41, 5.74) is 0.308. The molecular weight excluding hydrogens is 435 g/mol. The predicted molar refractivity (Wildman–Crippen MR) is 121 cm³/mol. The molecule has 10 heteroatoms. The van der Waals surface area contributed by atoms with Gasteiger partial charge in [0.15, 0.2) is 0 Å². The first-order valence-corrected chi connectivity index (χ1v) is 12.1. The molecule has 1 aromatic carbocycles. The molecule has 8 nitrogen and oxygen atoms in total. The fraction of sp³-hybridized carbons (Fsp3) is 0.500. The molecule has 4 rings (SSSR count). The van der Waals surface area contributed by atoms with Gasteiger partial charge in [0.2, 0.25) is 5.91 Å². The maximum Gasteiger partial charge on any atom is 0.414 e. The predicted octanol–water partition coefficient (Wildman–Crippen LogP) is 1.58. The van der Waals surface area contributed by atoms with Gasteiger partial charge in [-0.25, -0.2) is 9.18 Å². The highest BCUT2D eigenvalue weighted by molar-refractivity contribution is 7.85. The van der Waals surface area contributed by atoms with Crippen molar-refractivity contribution in [3.8, 4) is 0 Å². The Morgan fingerprint density at radius 3 is 2.75 bits per heavy atom. The Morgan fingerprint density at radius 2 is 2.12 bits per heavy atom. The molecular formula is C22H27FN4O4S. The van der Waals surface area contributed by atoms with Gasteiger partial charge in [-0.1, -0.05) is 19.1 Å². The second kappa shape index (κ2) is 9.01. The van der Waals surface area contributed by atoms with E-state index < -0.39 is 34.2 Å². The summed E-state index contributed by atoms with van der Waals surface area (Å²) in [6, 6.07) is 4.74. The lowest BCUT2D eigenvalue weighted by molar-refractivity contribution is -0.119. The number of nitrogens with zero attached hydrogens (tertiary/aromatic N) is 3. The summed E-state index contributed by atoms with van der Waals surface area (Å²) in [5.74, 6) is 1.51. The molecule has 3 aliphatic heterocycles. The number of carbonyl (C=O) groups excluding carboxylic acids is 2. The number of dihydropyridines is 1. The maximum absolute atomic E-state index is 15.1. The Hall–Kier alpha value is -2.75. The number of aliphatic imine (C=N–C) groups is 1. The summed E-state index contributed by atoms with van der Waals surface area (Å²) < 4.78 is 32.0. The van der Waals surface area contributed by atoms with Gasteiger partial charge in [-0.15, -0.1) is 0 Å². The smallest absolute Gasteiger partial charge is 0.414 e. The number of benzene rings is 1. The second-order valence-electron chi connectivity index (χ2n) is 8.48. The molecule has 32 heavy (non-hydrogen) atoms. The van der Waals surface area contributed by atoms with E-state index >= 15 is 4.39 Å². The van der Waals surface area contributed by atoms with Gasteiger partial charge in [0, 0.05) is 47.7 Å². The number of anilines is 1. The molecule has 1 aromatic rings. The van der Waals surface area contributed by atoms with E-state index in [9.17, 15) is 13.8 Å². The van der Waals surface area contributed by atoms with Crippen LogP contribution in [0.3, 0.4) is 0 Å². The van der Waals surface area contributed by atoms with Gasteiger partial charge in [0.25, 0.3) is 0 Å². The standard InChI is InChI=1S/C22H27FN4O4S/c1-15(28)24-12-17-13-27(21(29)31-17)16-3-4-18(19(23)11-16)22(2)6-5-20(25-14-22)26-7-9-32(30)10-8-26/h3-6,11,17H,7-10,12-14H2,1-2H3,(H,24,28)/t17-,22?/m0/s1. The molecule has 2 saturated heterocycles. The van der Waals surface area contributed by atoms with E-state index in [1.807, 2.05) is 19.1 Å². The number of rotatable bonds is 4. The number of amides is 2. The summed E-state index contributed by atoms with van der Waals surface area (Å²) in [6.07, 6.45) is 2.84. The molecule has 1 N–H and O–H groups in total. The lowest BCUT2D eigenvalue weighted by Crippen LogP contribution is -2.43. The normalized spacial score (nSPS) is 26.2. The van der Waals surface area contributed by atoms with Crippen LogP contribution in [0.4, 0.5) is 14.9 Å². The molecule has 2 amide bonds. The fourth-order valence-corrected chi connectivity index (χ4v) is 5.14. The van der Waals surface area contributed by atoms with Crippen LogP contribution in [0.1, 0.15) is 19.4 Å². The zero-order valence-corrected chi connectivity index (χ0v) is 19.0. The van der Waals surface area contributed by atoms with Gasteiger partial charge in [0.05, 0.1) is 25.3 Å². The van der Waals surface area contributed by atoms with Gasteiger partial charge < -0.3 is 15.0 Å². The van der Waals surface area contributed by atoms with Crippen LogP contribution in [0.15, 0.2) is 35.3 Å². The highest BCUT2D eigenvalue weighted by Crippen LogP contribution is 2.33. The van der Waals surface area contributed by atoms with Gasteiger partial charge in [-0.3, -0.25) is 18.9 Å². The van der Waals surface area contributed by atoms with Crippen LogP contribution in [0.5, 0.6) is 0 Å². The molecule has 0 radical (unpaired) electrons. The topological polar surface area (TPSA) is 91.3 Å². The molecule has 0 aromatic heterocycles. The minimum absolute atomic E-state index is 0.204. The summed E-state index contributed by atoms with van der Waals surface area (Å²) in [5, 5.41) is 2.62. The second-order valence-corrected chi connectivity index (χ2v) is 10.2. The van der Waals surface area contributed by atoms with E-state index in [0.29, 0.717) is 42.4 Å². The Morgan fingerprint density at radius 1 is 1.38 bits per heavy atom. The van der Waals surface area contributed by atoms with Crippen molar-refractivity contribution in [2.24, 2.45) is 4.99 Å². The molecule has 2 fully saturated rings. The third-order valence-corrected chi connectivity index (χ3v) is 7.28. The van der Waals surface area contributed by atoms with Crippen molar-refractivity contribution in [3.63, 3.8) is 0 Å². The Kier molecular flexibility index (Phi) is 6.32. The Bertz CT molecular complexity index is 1000. The van der Waals surface area contributed by atoms with Gasteiger partial charge in [-0.2, -0.15) is 0 Å². The summed E-state index contributed by atoms with van der Waals surface area (Å²) in [6.45, 7) is 5.61. The molecule has 0 spiro atoms. The zero-order chi connectivity index (χ0) is 22.9. The van der Waals surface area contributed by atoms with E-state index in [2.05, 4.69) is 15.2 Å². The molecule has 0 aliphatic carbocycles. The van der Waals surface area contributed by atoms with Crippen LogP contribution in [0, 0.1) is 5.82 Å². The lowest BCUT2D eigenvalue weighted by atomic mass is 9.80. The SMILES string of the molecule is CC(=O)NC[C@H]1CN(c2ccc(C3(C)C=CC(N4CCS(=O)CC4)=NC3)c(F)c2)C(=O)O1. The third kappa shape index (κ3) is 4.69. The van der Waals surface area contributed by atoms with Crippen molar-refractivity contribution in [2.45, 2.75) is 25.4 Å². The largest absolute Gasteiger partial charge is 0.442 e. The average molecular weight is 463 g/mol.